The number of aliphatic carboxylic acids is 1. The molecule has 0 heterocycles. The van der Waals surface area contributed by atoms with Crippen molar-refractivity contribution in [1.82, 2.24) is 0 Å². The number of carbonyl (C=O) groups excluding carboxylic acids is 1. The molecule has 1 aromatic carbocycles. The first-order valence-corrected chi connectivity index (χ1v) is 5.03. The van der Waals surface area contributed by atoms with E-state index in [-0.39, 0.29) is 5.69 Å². The zero-order valence-corrected chi connectivity index (χ0v) is 9.56. The first-order valence-electron chi connectivity index (χ1n) is 5.03. The number of carboxylic acids is 1. The maximum atomic E-state index is 13.0. The largest absolute Gasteiger partial charge is 0.480 e. The Labute approximate surface area is 102 Å². The second-order valence-electron chi connectivity index (χ2n) is 3.70. The van der Waals surface area contributed by atoms with Crippen LogP contribution < -0.4 is 10.6 Å². The Morgan fingerprint density at radius 2 is 2.00 bits per heavy atom. The maximum absolute atomic E-state index is 13.0. The average molecular weight is 258 g/mol. The lowest BCUT2D eigenvalue weighted by Gasteiger charge is -2.18. The molecule has 3 N–H and O–H groups in total. The predicted molar refractivity (Wildman–Crippen MR) is 60.0 cm³/mol. The van der Waals surface area contributed by atoms with Crippen molar-refractivity contribution in [3.05, 3.63) is 29.8 Å². The molecule has 0 spiro atoms. The van der Waals surface area contributed by atoms with Gasteiger partial charge in [-0.15, -0.1) is 0 Å². The summed E-state index contributed by atoms with van der Waals surface area (Å²) in [6.07, 6.45) is -0.426. The molecule has 1 amide bonds. The van der Waals surface area contributed by atoms with Gasteiger partial charge in [0.15, 0.2) is 11.6 Å². The fraction of sp³-hybridized carbons (Fsp3) is 0.273. The summed E-state index contributed by atoms with van der Waals surface area (Å²) in [4.78, 5) is 23.1. The van der Waals surface area contributed by atoms with Crippen LogP contribution in [0.15, 0.2) is 18.2 Å². The Morgan fingerprint density at radius 3 is 2.50 bits per heavy atom. The minimum absolute atomic E-state index is 0.122. The minimum Gasteiger partial charge on any atom is -0.480 e. The van der Waals surface area contributed by atoms with Crippen LogP contribution in [-0.2, 0) is 9.59 Å². The molecule has 0 bridgehead atoms. The van der Waals surface area contributed by atoms with Crippen molar-refractivity contribution >= 4 is 17.6 Å². The van der Waals surface area contributed by atoms with Crippen molar-refractivity contribution in [2.45, 2.75) is 12.5 Å². The highest BCUT2D eigenvalue weighted by molar-refractivity contribution is 5.95. The van der Waals surface area contributed by atoms with Crippen molar-refractivity contribution in [2.24, 2.45) is 5.73 Å². The molecular formula is C11H12F2N2O3. The van der Waals surface area contributed by atoms with Gasteiger partial charge in [-0.3, -0.25) is 9.59 Å². The maximum Gasteiger partial charge on any atom is 0.321 e. The number of nitrogens with zero attached hydrogens (tertiary/aromatic N) is 1. The van der Waals surface area contributed by atoms with Crippen LogP contribution in [-0.4, -0.2) is 30.1 Å². The van der Waals surface area contributed by atoms with Gasteiger partial charge >= 0.3 is 5.97 Å². The molecule has 1 unspecified atom stereocenters. The van der Waals surface area contributed by atoms with Crippen molar-refractivity contribution in [1.29, 1.82) is 0 Å². The molecule has 0 fully saturated rings. The second-order valence-corrected chi connectivity index (χ2v) is 3.70. The molecule has 0 aliphatic carbocycles. The van der Waals surface area contributed by atoms with Crippen molar-refractivity contribution < 1.29 is 23.5 Å². The van der Waals surface area contributed by atoms with Crippen molar-refractivity contribution in [3.8, 4) is 0 Å². The van der Waals surface area contributed by atoms with Gasteiger partial charge in [0.2, 0.25) is 5.91 Å². The van der Waals surface area contributed by atoms with Crippen LogP contribution in [0.2, 0.25) is 0 Å². The van der Waals surface area contributed by atoms with Gasteiger partial charge in [0.05, 0.1) is 6.42 Å². The van der Waals surface area contributed by atoms with Gasteiger partial charge in [0.25, 0.3) is 0 Å². The standard InChI is InChI=1S/C11H12F2N2O3/c1-15(10(16)5-9(14)11(17)18)6-2-3-7(12)8(13)4-6/h2-4,9H,5,14H2,1H3,(H,17,18). The van der Waals surface area contributed by atoms with Gasteiger partial charge in [-0.25, -0.2) is 8.78 Å². The number of anilines is 1. The molecule has 0 saturated heterocycles. The summed E-state index contributed by atoms with van der Waals surface area (Å²) in [6.45, 7) is 0. The summed E-state index contributed by atoms with van der Waals surface area (Å²) < 4.78 is 25.7. The highest BCUT2D eigenvalue weighted by atomic mass is 19.2. The van der Waals surface area contributed by atoms with Gasteiger partial charge in [-0.2, -0.15) is 0 Å². The Balaban J connectivity index is 2.80. The zero-order valence-electron chi connectivity index (χ0n) is 9.56. The third-order valence-electron chi connectivity index (χ3n) is 2.38. The molecule has 0 aliphatic heterocycles. The van der Waals surface area contributed by atoms with E-state index in [0.717, 1.165) is 17.0 Å². The number of amides is 1. The Bertz CT molecular complexity index is 479. The van der Waals surface area contributed by atoms with Gasteiger partial charge in [0.1, 0.15) is 6.04 Å². The summed E-state index contributed by atoms with van der Waals surface area (Å²) in [5.74, 6) is -4.02. The molecule has 1 atom stereocenters. The number of halogens is 2. The number of carbonyl (C=O) groups is 2. The first kappa shape index (κ1) is 14.0. The first-order chi connectivity index (χ1) is 8.32. The SMILES string of the molecule is CN(C(=O)CC(N)C(=O)O)c1ccc(F)c(F)c1. The summed E-state index contributed by atoms with van der Waals surface area (Å²) in [6, 6.07) is 1.61. The number of nitrogens with two attached hydrogens (primary N) is 1. The van der Waals surface area contributed by atoms with E-state index in [2.05, 4.69) is 0 Å². The molecular weight excluding hydrogens is 246 g/mol. The summed E-state index contributed by atoms with van der Waals surface area (Å²) in [5.41, 5.74) is 5.33. The molecule has 1 aromatic rings. The van der Waals surface area contributed by atoms with Gasteiger partial charge < -0.3 is 15.7 Å². The third-order valence-corrected chi connectivity index (χ3v) is 2.38. The topological polar surface area (TPSA) is 83.6 Å². The summed E-state index contributed by atoms with van der Waals surface area (Å²) >= 11 is 0. The normalized spacial score (nSPS) is 12.0. The molecule has 1 rings (SSSR count). The molecule has 0 radical (unpaired) electrons. The Morgan fingerprint density at radius 1 is 1.39 bits per heavy atom. The monoisotopic (exact) mass is 258 g/mol. The van der Waals surface area contributed by atoms with E-state index in [1.54, 1.807) is 0 Å². The van der Waals surface area contributed by atoms with Gasteiger partial charge in [0, 0.05) is 18.8 Å². The Kier molecular flexibility index (Phi) is 4.33. The molecule has 98 valence electrons. The van der Waals surface area contributed by atoms with Crippen molar-refractivity contribution in [2.75, 3.05) is 11.9 Å². The molecule has 0 aromatic heterocycles. The molecule has 0 aliphatic rings. The number of benzene rings is 1. The highest BCUT2D eigenvalue weighted by Gasteiger charge is 2.20. The molecule has 0 saturated carbocycles. The van der Waals surface area contributed by atoms with E-state index >= 15 is 0 Å². The van der Waals surface area contributed by atoms with E-state index in [9.17, 15) is 18.4 Å². The highest BCUT2D eigenvalue weighted by Crippen LogP contribution is 2.17. The quantitative estimate of drug-likeness (QED) is 0.833. The fourth-order valence-corrected chi connectivity index (χ4v) is 1.25. The average Bonchev–Trinajstić information content (AvgIpc) is 2.31. The van der Waals surface area contributed by atoms with E-state index in [4.69, 9.17) is 10.8 Å². The molecule has 18 heavy (non-hydrogen) atoms. The van der Waals surface area contributed by atoms with Crippen LogP contribution in [0.1, 0.15) is 6.42 Å². The number of carboxylic acid groups (broad SMARTS) is 1. The summed E-state index contributed by atoms with van der Waals surface area (Å²) in [7, 11) is 1.32. The number of rotatable bonds is 4. The zero-order chi connectivity index (χ0) is 13.9. The van der Waals surface area contributed by atoms with Crippen LogP contribution in [0.4, 0.5) is 14.5 Å². The Hall–Kier alpha value is -2.02. The fourth-order valence-electron chi connectivity index (χ4n) is 1.25. The van der Waals surface area contributed by atoms with Crippen molar-refractivity contribution in [3.63, 3.8) is 0 Å². The number of hydrogen-bond acceptors (Lipinski definition) is 3. The summed E-state index contributed by atoms with van der Waals surface area (Å²) in [5, 5.41) is 8.56. The smallest absolute Gasteiger partial charge is 0.321 e. The second kappa shape index (κ2) is 5.54. The lowest BCUT2D eigenvalue weighted by molar-refractivity contribution is -0.140. The van der Waals surface area contributed by atoms with Crippen LogP contribution in [0.5, 0.6) is 0 Å². The van der Waals surface area contributed by atoms with E-state index in [1.165, 1.54) is 13.1 Å². The molecule has 5 nitrogen and oxygen atoms in total. The number of hydrogen-bond donors (Lipinski definition) is 2. The van der Waals surface area contributed by atoms with E-state index < -0.39 is 36.0 Å². The van der Waals surface area contributed by atoms with Crippen LogP contribution >= 0.6 is 0 Å². The van der Waals surface area contributed by atoms with Crippen LogP contribution in [0.3, 0.4) is 0 Å². The van der Waals surface area contributed by atoms with E-state index in [0.29, 0.717) is 0 Å². The third kappa shape index (κ3) is 3.24. The van der Waals surface area contributed by atoms with Crippen LogP contribution in [0, 0.1) is 11.6 Å². The molecule has 7 heteroatoms. The lowest BCUT2D eigenvalue weighted by atomic mass is 10.2. The minimum atomic E-state index is -1.33. The van der Waals surface area contributed by atoms with E-state index in [1.807, 2.05) is 0 Å². The van der Waals surface area contributed by atoms with Gasteiger partial charge in [-0.1, -0.05) is 0 Å². The lowest BCUT2D eigenvalue weighted by Crippen LogP contribution is -2.37. The van der Waals surface area contributed by atoms with Gasteiger partial charge in [-0.05, 0) is 12.1 Å². The predicted octanol–water partition coefficient (Wildman–Crippen LogP) is 0.730. The van der Waals surface area contributed by atoms with Crippen LogP contribution in [0.25, 0.3) is 0 Å².